The Balaban J connectivity index is 0.000000274. The lowest BCUT2D eigenvalue weighted by Crippen LogP contribution is -2.33. The first kappa shape index (κ1) is 84.7. The molecule has 3 radical (unpaired) electrons. The fourth-order valence-electron chi connectivity index (χ4n) is 21.9. The molecule has 0 aromatic heterocycles. The number of thiol groups is 1. The summed E-state index contributed by atoms with van der Waals surface area (Å²) in [4.78, 5) is 0. The predicted octanol–water partition coefficient (Wildman–Crippen LogP) is 16.4. The first-order chi connectivity index (χ1) is 40.6. The minimum absolute atomic E-state index is 0. The van der Waals surface area contributed by atoms with Crippen molar-refractivity contribution < 1.29 is 29.5 Å². The third kappa shape index (κ3) is 19.5. The van der Waals surface area contributed by atoms with Gasteiger partial charge >= 0.3 is 0 Å². The Hall–Kier alpha value is 0.485. The van der Waals surface area contributed by atoms with Crippen LogP contribution in [0.1, 0.15) is 252 Å². The van der Waals surface area contributed by atoms with E-state index >= 15 is 0 Å². The van der Waals surface area contributed by atoms with Crippen LogP contribution in [0, 0.1) is 139 Å². The molecule has 12 bridgehead atoms. The van der Waals surface area contributed by atoms with E-state index in [0.29, 0.717) is 57.9 Å². The van der Waals surface area contributed by atoms with Gasteiger partial charge in [-0.05, 0) is 319 Å². The Labute approximate surface area is 580 Å². The Bertz CT molecular complexity index is 1920. The van der Waals surface area contributed by atoms with E-state index in [1.54, 1.807) is 6.92 Å². The number of fused-ring (bicyclic) bond motifs is 12. The summed E-state index contributed by atoms with van der Waals surface area (Å²) < 4.78 is 14.9. The highest BCUT2D eigenvalue weighted by molar-refractivity contribution is 7.99. The summed E-state index contributed by atoms with van der Waals surface area (Å²) in [5.41, 5.74) is 3.17. The van der Waals surface area contributed by atoms with Crippen LogP contribution in [0.5, 0.6) is 0 Å². The van der Waals surface area contributed by atoms with Crippen molar-refractivity contribution in [2.75, 3.05) is 50.3 Å². The molecule has 14 fully saturated rings. The molecule has 527 valence electrons. The lowest BCUT2D eigenvalue weighted by atomic mass is 9.66. The van der Waals surface area contributed by atoms with Gasteiger partial charge in [0.05, 0.1) is 44.2 Å². The summed E-state index contributed by atoms with van der Waals surface area (Å²) in [6.45, 7) is 48.6. The van der Waals surface area contributed by atoms with Gasteiger partial charge in [0, 0.05) is 27.4 Å². The minimum Gasteiger partial charge on any atom is -0.396 e. The van der Waals surface area contributed by atoms with Gasteiger partial charge in [-0.3, -0.25) is 0 Å². The zero-order chi connectivity index (χ0) is 63.2. The largest absolute Gasteiger partial charge is 0.396 e. The number of aliphatic hydroxyl groups excluding tert-OH is 3. The first-order valence-electron chi connectivity index (χ1n) is 36.8. The van der Waals surface area contributed by atoms with Crippen LogP contribution >= 0.6 is 37.9 Å². The Morgan fingerprint density at radius 3 is 1.01 bits per heavy atom. The van der Waals surface area contributed by atoms with Crippen molar-refractivity contribution in [2.45, 2.75) is 276 Å². The van der Waals surface area contributed by atoms with Gasteiger partial charge in [0.15, 0.2) is 0 Å². The Morgan fingerprint density at radius 2 is 0.778 bits per heavy atom. The molecule has 2 aliphatic heterocycles. The van der Waals surface area contributed by atoms with Crippen LogP contribution < -0.4 is 0 Å². The van der Waals surface area contributed by atoms with Gasteiger partial charge in [-0.25, -0.2) is 0 Å². The normalized spacial score (nSPS) is 46.4. The van der Waals surface area contributed by atoms with E-state index in [0.717, 1.165) is 144 Å². The molecule has 14 aliphatic rings. The summed E-state index contributed by atoms with van der Waals surface area (Å²) in [5, 5.41) is 27.4. The Morgan fingerprint density at radius 1 is 0.489 bits per heavy atom. The fraction of sp³-hybridized carbons (Fsp3) is 0.949. The van der Waals surface area contributed by atoms with Crippen LogP contribution in [0.3, 0.4) is 0 Å². The summed E-state index contributed by atoms with van der Waals surface area (Å²) in [6, 6.07) is 0. The number of hydrogen-bond acceptors (Lipinski definition) is 8. The van der Waals surface area contributed by atoms with Crippen molar-refractivity contribution in [2.24, 2.45) is 139 Å². The van der Waals surface area contributed by atoms with E-state index in [9.17, 15) is 5.11 Å². The molecule has 12 heteroatoms. The molecule has 12 saturated carbocycles. The SMILES string of the molecule is C=CC1(C)C2CCC(C2)C1C.C=CC1(C)C2CCC(C2)C1C.CC(O)COCCC1(C)C2CCC(C2)C1C.CC(O)CSCCC1(C)C2CCC(C2)C1C.CC1C2CCC(C2)C1(C)CCO.CC1C2CCC(C2)C1(C)CCS.CC1CO1.CC1CO1.S.[BH4-].[BH4-].[B]. The zero-order valence-electron chi connectivity index (χ0n) is 60.0. The number of thioether (sulfide) groups is 1. The summed E-state index contributed by atoms with van der Waals surface area (Å²) in [6.07, 6.45) is 36.5. The zero-order valence-corrected chi connectivity index (χ0v) is 62.7. The van der Waals surface area contributed by atoms with Gasteiger partial charge in [-0.1, -0.05) is 112 Å². The monoisotopic (exact) mass is 1310 g/mol. The molecular formula is C78H150B3O6S3-2. The fourth-order valence-corrected chi connectivity index (χ4v) is 23.5. The lowest BCUT2D eigenvalue weighted by Gasteiger charge is -2.39. The highest BCUT2D eigenvalue weighted by Crippen LogP contribution is 2.65. The van der Waals surface area contributed by atoms with Gasteiger partial charge in [0.25, 0.3) is 0 Å². The molecule has 14 rings (SSSR count). The van der Waals surface area contributed by atoms with Crippen molar-refractivity contribution in [3.63, 3.8) is 0 Å². The van der Waals surface area contributed by atoms with E-state index in [4.69, 9.17) is 24.4 Å². The number of hydrogen-bond donors (Lipinski definition) is 4. The van der Waals surface area contributed by atoms with E-state index in [-0.39, 0.29) is 50.9 Å². The van der Waals surface area contributed by atoms with Crippen LogP contribution in [-0.4, -0.2) is 115 Å². The molecule has 28 atom stereocenters. The molecule has 0 spiro atoms. The summed E-state index contributed by atoms with van der Waals surface area (Å²) >= 11 is 6.31. The maximum Gasteiger partial charge on any atom is 0.0781 e. The molecule has 3 N–H and O–H groups in total. The second-order valence-electron chi connectivity index (χ2n) is 34.1. The van der Waals surface area contributed by atoms with Crippen molar-refractivity contribution in [3.8, 4) is 0 Å². The average Bonchev–Trinajstić information content (AvgIpc) is 1.74. The lowest BCUT2D eigenvalue weighted by molar-refractivity contribution is 0.0100. The second-order valence-corrected chi connectivity index (χ2v) is 35.7. The average molecular weight is 1310 g/mol. The third-order valence-corrected chi connectivity index (χ3v) is 31.6. The topological polar surface area (TPSA) is 95.0 Å². The van der Waals surface area contributed by atoms with E-state index < -0.39 is 0 Å². The van der Waals surface area contributed by atoms with Crippen molar-refractivity contribution in [1.29, 1.82) is 0 Å². The molecule has 6 nitrogen and oxygen atoms in total. The van der Waals surface area contributed by atoms with Gasteiger partial charge < -0.3 is 29.5 Å². The van der Waals surface area contributed by atoms with Crippen molar-refractivity contribution in [3.05, 3.63) is 25.3 Å². The van der Waals surface area contributed by atoms with Crippen LogP contribution in [0.4, 0.5) is 0 Å². The molecule has 28 unspecified atom stereocenters. The molecule has 2 heterocycles. The standard InChI is InChI=1S/C14H26O2.C14H26OS.C11H20O.C11H20S.2C11H18.2C3H6O.2BH4.B.H2S/c2*1-10(15)9-16-7-6-14(3)11(2)12-4-5-13(14)8-12;2*1-8-9-3-4-10(7-9)11(8,2)5-6-12;2*1-4-11(3)8(2)9-5-6-10(11)7-9;2*1-3-2-4-3;;;;/h2*10-13,15H,4-9H2,1-3H3;2*8-10,12H,3-7H2,1-2H3;2*4,8-10H,1,5-7H2,2-3H3;2*3H,2H2,1H3;2*1H4;;1H2/q;;;;;;;;2*-1;;. The molecule has 2 saturated heterocycles. The molecule has 0 aromatic rings. The number of rotatable bonds is 16. The Kier molecular flexibility index (Phi) is 34.4. The van der Waals surface area contributed by atoms with Crippen LogP contribution in [0.15, 0.2) is 25.3 Å². The van der Waals surface area contributed by atoms with Gasteiger partial charge in [0.1, 0.15) is 0 Å². The van der Waals surface area contributed by atoms with Crippen molar-refractivity contribution in [1.82, 2.24) is 0 Å². The van der Waals surface area contributed by atoms with Crippen LogP contribution in [0.2, 0.25) is 0 Å². The van der Waals surface area contributed by atoms with Gasteiger partial charge in [-0.2, -0.15) is 37.9 Å². The van der Waals surface area contributed by atoms with Crippen LogP contribution in [0.25, 0.3) is 0 Å². The van der Waals surface area contributed by atoms with Crippen molar-refractivity contribution >= 4 is 63.1 Å². The molecule has 0 amide bonds. The smallest absolute Gasteiger partial charge is 0.0781 e. The quantitative estimate of drug-likeness (QED) is 0.0402. The van der Waals surface area contributed by atoms with E-state index in [2.05, 4.69) is 135 Å². The maximum absolute atomic E-state index is 9.24. The second kappa shape index (κ2) is 36.5. The summed E-state index contributed by atoms with van der Waals surface area (Å²) in [7, 11) is 0. The predicted molar refractivity (Wildman–Crippen MR) is 410 cm³/mol. The maximum atomic E-state index is 9.24. The van der Waals surface area contributed by atoms with E-state index in [1.807, 2.05) is 18.7 Å². The van der Waals surface area contributed by atoms with Crippen LogP contribution in [-0.2, 0) is 14.2 Å². The van der Waals surface area contributed by atoms with Gasteiger partial charge in [0.2, 0.25) is 0 Å². The molecule has 90 heavy (non-hydrogen) atoms. The molecule has 0 aromatic carbocycles. The number of ether oxygens (including phenoxy) is 3. The molecular weight excluding hydrogens is 1160 g/mol. The highest BCUT2D eigenvalue weighted by Gasteiger charge is 2.57. The minimum atomic E-state index is -0.328. The number of epoxide rings is 2. The summed E-state index contributed by atoms with van der Waals surface area (Å²) in [5.74, 6) is 20.5. The molecule has 12 aliphatic carbocycles. The van der Waals surface area contributed by atoms with Gasteiger partial charge in [-0.15, -0.1) is 13.2 Å². The highest BCUT2D eigenvalue weighted by atomic mass is 32.2. The third-order valence-electron chi connectivity index (χ3n) is 30.2. The first-order valence-corrected chi connectivity index (χ1v) is 38.6. The number of aliphatic hydroxyl groups is 3. The van der Waals surface area contributed by atoms with E-state index in [1.165, 1.54) is 141 Å². The number of allylic oxidation sites excluding steroid dienone is 2.